The molecule has 1 fully saturated rings. The molecule has 1 saturated heterocycles. The zero-order valence-electron chi connectivity index (χ0n) is 50.9. The van der Waals surface area contributed by atoms with Crippen molar-refractivity contribution in [2.24, 2.45) is 10.7 Å². The minimum Gasteiger partial charge on any atom is -0.463 e. The van der Waals surface area contributed by atoms with Crippen LogP contribution >= 0.6 is 12.4 Å². The lowest BCUT2D eigenvalue weighted by Gasteiger charge is -2.28. The fourth-order valence-electron chi connectivity index (χ4n) is 9.88. The number of H-pyrrole nitrogens is 2. The van der Waals surface area contributed by atoms with E-state index in [0.29, 0.717) is 49.3 Å². The van der Waals surface area contributed by atoms with E-state index >= 15 is 9.59 Å². The summed E-state index contributed by atoms with van der Waals surface area (Å²) >= 11 is 0. The van der Waals surface area contributed by atoms with Crippen molar-refractivity contribution in [3.8, 4) is 0 Å². The molecule has 2 aromatic carbocycles. The fraction of sp³-hybridized carbons (Fsp3) is 0.517. The van der Waals surface area contributed by atoms with Gasteiger partial charge < -0.3 is 67.9 Å². The highest BCUT2D eigenvalue weighted by Gasteiger charge is 2.36. The van der Waals surface area contributed by atoms with Gasteiger partial charge >= 0.3 is 5.97 Å². The van der Waals surface area contributed by atoms with Gasteiger partial charge in [-0.3, -0.25) is 52.8 Å². The third-order valence-electron chi connectivity index (χ3n) is 14.6. The molecule has 0 spiro atoms. The summed E-state index contributed by atoms with van der Waals surface area (Å²) in [7, 11) is 0. The fourth-order valence-corrected chi connectivity index (χ4v) is 9.88. The topological polar surface area (TPSA) is 383 Å². The monoisotopic (exact) mass is 1240 g/mol. The van der Waals surface area contributed by atoms with Crippen LogP contribution in [0.15, 0.2) is 78.3 Å². The molecule has 2 aromatic heterocycles. The smallest absolute Gasteiger partial charge is 0.328 e. The number of nitrogens with zero attached hydrogens (tertiary/aromatic N) is 4. The minimum atomic E-state index is -1.62. The molecule has 0 saturated carbocycles. The number of carbonyl (C=O) groups is 11. The minimum absolute atomic E-state index is 0. The molecule has 27 nitrogen and oxygen atoms in total. The number of hydrogen-bond donors (Lipinski definition) is 11. The van der Waals surface area contributed by atoms with Gasteiger partial charge in [-0.2, -0.15) is 4.99 Å². The van der Waals surface area contributed by atoms with Crippen molar-refractivity contribution < 1.29 is 57.5 Å². The molecule has 0 radical (unpaired) electrons. The molecule has 0 bridgehead atoms. The molecule has 1 aliphatic heterocycles. The Kier molecular flexibility index (Phi) is 30.2. The van der Waals surface area contributed by atoms with E-state index in [1.807, 2.05) is 49.9 Å². The number of nitrogens with one attached hydrogen (secondary N) is 10. The van der Waals surface area contributed by atoms with Crippen LogP contribution in [0.1, 0.15) is 116 Å². The number of rotatable bonds is 22. The average Bonchev–Trinajstić information content (AvgIpc) is 4.05. The highest BCUT2D eigenvalue weighted by molar-refractivity contribution is 6.01. The van der Waals surface area contributed by atoms with Crippen LogP contribution in [-0.2, 0) is 76.7 Å². The van der Waals surface area contributed by atoms with Crippen LogP contribution in [0.25, 0.3) is 10.9 Å². The number of guanidine groups is 1. The Morgan fingerprint density at radius 1 is 0.750 bits per heavy atom. The van der Waals surface area contributed by atoms with E-state index in [1.54, 1.807) is 36.5 Å². The molecule has 0 unspecified atom stereocenters. The molecular weight excluding hydrogens is 1160 g/mol. The Labute approximate surface area is 518 Å². The standard InChI is InChI=1S/C60H85N15O12.ClH/c1-7-10-22-45(66-37(4)76)53(80)73-51-33-52(79)63-26-17-16-24-47(59(86)87-29-28-74(8-2)9-3)69-56(83)49(31-41-34-64-44-23-15-14-21-43(41)44)71-54(81)46(25-18-27-75(39(6)78)60(61)67-38(5)77)68-55(82)48(30-40-19-12-11-13-20-40)70-57(84)50(72-58(51)85)32-42-35-62-36-65-42;/h11-15,19-21,23,34-36,45-51,64H,7-10,16-18,22,24-33H2,1-6H3,(H,62,65)(H,63,79)(H,66,76)(H,68,82)(H,69,83)(H,70,84)(H,71,81)(H,72,85)(H,73,80)(H2,61,67,77);1H/t45-,46-,47-,48-,49-,50-,51-;/m0./s1. The number of halogens is 1. The maximum Gasteiger partial charge on any atom is 0.328 e. The Bertz CT molecular complexity index is 3010. The average molecular weight is 1240 g/mol. The van der Waals surface area contributed by atoms with Crippen LogP contribution in [-0.4, -0.2) is 177 Å². The first kappa shape index (κ1) is 71.8. The molecule has 7 atom stereocenters. The van der Waals surface area contributed by atoms with Gasteiger partial charge in [0.25, 0.3) is 0 Å². The molecule has 10 amide bonds. The largest absolute Gasteiger partial charge is 0.463 e. The van der Waals surface area contributed by atoms with Crippen LogP contribution in [0.4, 0.5) is 0 Å². The van der Waals surface area contributed by atoms with Gasteiger partial charge in [0.05, 0.1) is 12.7 Å². The van der Waals surface area contributed by atoms with E-state index in [2.05, 4.69) is 62.5 Å². The number of imidazole rings is 1. The molecule has 1 aliphatic rings. The molecule has 3 heterocycles. The molecule has 480 valence electrons. The van der Waals surface area contributed by atoms with Crippen molar-refractivity contribution in [2.75, 3.05) is 39.3 Å². The number of nitrogens with two attached hydrogens (primary N) is 1. The van der Waals surface area contributed by atoms with Gasteiger partial charge in [-0.25, -0.2) is 9.78 Å². The second-order valence-corrected chi connectivity index (χ2v) is 21.3. The summed E-state index contributed by atoms with van der Waals surface area (Å²) in [6.07, 6.45) is 4.88. The number of para-hydroxylation sites is 1. The molecule has 28 heteroatoms. The van der Waals surface area contributed by atoms with Crippen molar-refractivity contribution in [1.29, 1.82) is 0 Å². The quantitative estimate of drug-likeness (QED) is 0.0297. The number of benzene rings is 2. The third kappa shape index (κ3) is 23.5. The van der Waals surface area contributed by atoms with E-state index in [-0.39, 0.29) is 89.9 Å². The number of fused-ring (bicyclic) bond motifs is 1. The number of likely N-dealkylation sites (N-methyl/N-ethyl adjacent to an activating group) is 1. The Hall–Kier alpha value is -8.72. The molecule has 88 heavy (non-hydrogen) atoms. The van der Waals surface area contributed by atoms with E-state index < -0.39 is 120 Å². The molecular formula is C60H86ClN15O12. The number of amides is 10. The van der Waals surface area contributed by atoms with Gasteiger partial charge in [0.2, 0.25) is 65.0 Å². The summed E-state index contributed by atoms with van der Waals surface area (Å²) < 4.78 is 5.75. The van der Waals surface area contributed by atoms with E-state index in [9.17, 15) is 43.2 Å². The highest BCUT2D eigenvalue weighted by Crippen LogP contribution is 2.20. The summed E-state index contributed by atoms with van der Waals surface area (Å²) in [6.45, 7) is 11.0. The van der Waals surface area contributed by atoms with Crippen LogP contribution in [0, 0.1) is 0 Å². The van der Waals surface area contributed by atoms with E-state index in [1.165, 1.54) is 26.4 Å². The zero-order chi connectivity index (χ0) is 63.4. The van der Waals surface area contributed by atoms with Gasteiger partial charge in [0.15, 0.2) is 0 Å². The summed E-state index contributed by atoms with van der Waals surface area (Å²) in [4.78, 5) is 170. The SMILES string of the molecule is CCCC[C@H](NC(C)=O)C(=O)N[C@H]1CC(=O)NCCCC[C@@H](C(=O)OCCN(CC)CC)NC(=O)[C@H](Cc2c[nH]c3ccccc23)NC(=O)[C@H](CCCN(C(C)=O)C(N)=NC(C)=O)NC(=O)[C@H](Cc2ccccc2)NC(=O)[C@H](Cc2cnc[nH]2)NC1=O.Cl. The van der Waals surface area contributed by atoms with Gasteiger partial charge in [-0.15, -0.1) is 12.4 Å². The lowest BCUT2D eigenvalue weighted by Crippen LogP contribution is -2.61. The van der Waals surface area contributed by atoms with Gasteiger partial charge in [0, 0.05) is 88.7 Å². The van der Waals surface area contributed by atoms with Crippen LogP contribution < -0.4 is 48.3 Å². The summed E-state index contributed by atoms with van der Waals surface area (Å²) in [5.74, 6) is -8.82. The second kappa shape index (κ2) is 37.1. The lowest BCUT2D eigenvalue weighted by atomic mass is 10.0. The summed E-state index contributed by atoms with van der Waals surface area (Å²) in [5, 5.41) is 22.6. The van der Waals surface area contributed by atoms with Crippen molar-refractivity contribution in [3.05, 3.63) is 90.1 Å². The Morgan fingerprint density at radius 2 is 1.39 bits per heavy atom. The van der Waals surface area contributed by atoms with Crippen molar-refractivity contribution >= 4 is 94.3 Å². The molecule has 12 N–H and O–H groups in total. The molecule has 5 rings (SSSR count). The number of carbonyl (C=O) groups excluding carboxylic acids is 11. The zero-order valence-corrected chi connectivity index (χ0v) is 51.7. The van der Waals surface area contributed by atoms with Gasteiger partial charge in [0.1, 0.15) is 48.9 Å². The summed E-state index contributed by atoms with van der Waals surface area (Å²) in [5.41, 5.74) is 8.35. The van der Waals surface area contributed by atoms with Crippen LogP contribution in [0.3, 0.4) is 0 Å². The van der Waals surface area contributed by atoms with Crippen molar-refractivity contribution in [2.45, 2.75) is 161 Å². The van der Waals surface area contributed by atoms with Crippen molar-refractivity contribution in [1.82, 2.24) is 67.3 Å². The number of aromatic nitrogens is 3. The maximum absolute atomic E-state index is 15.1. The Morgan fingerprint density at radius 3 is 2.03 bits per heavy atom. The van der Waals surface area contributed by atoms with Crippen molar-refractivity contribution in [3.63, 3.8) is 0 Å². The maximum atomic E-state index is 15.1. The number of hydrogen-bond acceptors (Lipinski definition) is 14. The second-order valence-electron chi connectivity index (χ2n) is 21.3. The first-order chi connectivity index (χ1) is 41.7. The predicted molar refractivity (Wildman–Crippen MR) is 330 cm³/mol. The third-order valence-corrected chi connectivity index (χ3v) is 14.6. The van der Waals surface area contributed by atoms with Crippen LogP contribution in [0.5, 0.6) is 0 Å². The van der Waals surface area contributed by atoms with Gasteiger partial charge in [-0.05, 0) is 68.8 Å². The highest BCUT2D eigenvalue weighted by atomic mass is 35.5. The number of aliphatic imine (C=N–C) groups is 1. The first-order valence-corrected chi connectivity index (χ1v) is 29.6. The number of ether oxygens (including phenoxy) is 1. The Balaban J connectivity index is 0.0000166. The number of esters is 1. The van der Waals surface area contributed by atoms with Gasteiger partial charge in [-0.1, -0.05) is 82.1 Å². The summed E-state index contributed by atoms with van der Waals surface area (Å²) in [6, 6.07) is 5.94. The number of unbranched alkanes of at least 4 members (excludes halogenated alkanes) is 1. The normalized spacial score (nSPS) is 19.9. The number of aromatic amines is 2. The van der Waals surface area contributed by atoms with Crippen LogP contribution in [0.2, 0.25) is 0 Å². The first-order valence-electron chi connectivity index (χ1n) is 29.6. The van der Waals surface area contributed by atoms with E-state index in [4.69, 9.17) is 10.5 Å². The molecule has 4 aromatic rings. The van der Waals surface area contributed by atoms with E-state index in [0.717, 1.165) is 22.7 Å². The lowest BCUT2D eigenvalue weighted by molar-refractivity contribution is -0.149. The predicted octanol–water partition coefficient (Wildman–Crippen LogP) is 1.01. The molecule has 0 aliphatic carbocycles.